The normalized spacial score (nSPS) is 27.3. The van der Waals surface area contributed by atoms with Crippen LogP contribution in [0.4, 0.5) is 0 Å². The lowest BCUT2D eigenvalue weighted by Crippen LogP contribution is -2.55. The summed E-state index contributed by atoms with van der Waals surface area (Å²) in [5.74, 6) is -0.138. The van der Waals surface area contributed by atoms with Crippen molar-refractivity contribution < 1.29 is 9.53 Å². The third kappa shape index (κ3) is 2.45. The largest absolute Gasteiger partial charge is 0.468 e. The minimum atomic E-state index is -0.138. The maximum Gasteiger partial charge on any atom is 0.322 e. The first-order valence-corrected chi connectivity index (χ1v) is 5.08. The highest BCUT2D eigenvalue weighted by Gasteiger charge is 2.29. The van der Waals surface area contributed by atoms with E-state index in [0.29, 0.717) is 6.04 Å². The predicted molar refractivity (Wildman–Crippen MR) is 55.1 cm³/mol. The second-order valence-electron chi connectivity index (χ2n) is 4.05. The van der Waals surface area contributed by atoms with Gasteiger partial charge in [-0.2, -0.15) is 0 Å². The fourth-order valence-electron chi connectivity index (χ4n) is 2.04. The molecule has 0 saturated carbocycles. The van der Waals surface area contributed by atoms with Gasteiger partial charge in [0.05, 0.1) is 7.11 Å². The molecule has 1 aliphatic heterocycles. The van der Waals surface area contributed by atoms with Crippen molar-refractivity contribution in [1.82, 2.24) is 9.80 Å². The summed E-state index contributed by atoms with van der Waals surface area (Å²) >= 11 is 0. The van der Waals surface area contributed by atoms with Gasteiger partial charge < -0.3 is 9.64 Å². The molecule has 1 heterocycles. The molecular weight excluding hydrogens is 180 g/mol. The fraction of sp³-hybridized carbons (Fsp3) is 0.900. The van der Waals surface area contributed by atoms with Gasteiger partial charge in [0.2, 0.25) is 0 Å². The van der Waals surface area contributed by atoms with E-state index in [1.165, 1.54) is 7.11 Å². The molecule has 0 bridgehead atoms. The standard InChI is InChI=1S/C10H20N2O2/c1-8-7-11(3)5-6-12(8)9(2)10(13)14-4/h8-9H,5-7H2,1-4H3. The number of hydrogen-bond donors (Lipinski definition) is 0. The average molecular weight is 200 g/mol. The fourth-order valence-corrected chi connectivity index (χ4v) is 2.04. The summed E-state index contributed by atoms with van der Waals surface area (Å²) in [5, 5.41) is 0. The minimum absolute atomic E-state index is 0.122. The molecule has 1 fully saturated rings. The Morgan fingerprint density at radius 1 is 1.50 bits per heavy atom. The number of carbonyl (C=O) groups excluding carboxylic acids is 1. The summed E-state index contributed by atoms with van der Waals surface area (Å²) in [4.78, 5) is 15.8. The zero-order chi connectivity index (χ0) is 10.7. The van der Waals surface area contributed by atoms with Crippen molar-refractivity contribution >= 4 is 5.97 Å². The van der Waals surface area contributed by atoms with Crippen LogP contribution in [0.5, 0.6) is 0 Å². The SMILES string of the molecule is COC(=O)C(C)N1CCN(C)CC1C. The second kappa shape index (κ2) is 4.75. The van der Waals surface area contributed by atoms with Crippen LogP contribution in [-0.4, -0.2) is 61.6 Å². The van der Waals surface area contributed by atoms with E-state index in [1.54, 1.807) is 0 Å². The Labute approximate surface area is 85.8 Å². The summed E-state index contributed by atoms with van der Waals surface area (Å²) in [6.07, 6.45) is 0. The summed E-state index contributed by atoms with van der Waals surface area (Å²) in [6, 6.07) is 0.298. The summed E-state index contributed by atoms with van der Waals surface area (Å²) in [5.41, 5.74) is 0. The number of ether oxygens (including phenoxy) is 1. The first-order valence-electron chi connectivity index (χ1n) is 5.08. The maximum atomic E-state index is 11.4. The Hall–Kier alpha value is -0.610. The van der Waals surface area contributed by atoms with E-state index in [1.807, 2.05) is 6.92 Å². The monoisotopic (exact) mass is 200 g/mol. The highest BCUT2D eigenvalue weighted by atomic mass is 16.5. The first kappa shape index (κ1) is 11.5. The van der Waals surface area contributed by atoms with Crippen LogP contribution in [0.2, 0.25) is 0 Å². The van der Waals surface area contributed by atoms with Crippen molar-refractivity contribution in [3.63, 3.8) is 0 Å². The predicted octanol–water partition coefficient (Wildman–Crippen LogP) is 0.184. The number of likely N-dealkylation sites (N-methyl/N-ethyl adjacent to an activating group) is 1. The topological polar surface area (TPSA) is 32.8 Å². The van der Waals surface area contributed by atoms with Gasteiger partial charge in [0.1, 0.15) is 6.04 Å². The molecule has 0 aliphatic carbocycles. The molecule has 4 nitrogen and oxygen atoms in total. The van der Waals surface area contributed by atoms with Gasteiger partial charge in [0.25, 0.3) is 0 Å². The number of methoxy groups -OCH3 is 1. The smallest absolute Gasteiger partial charge is 0.322 e. The second-order valence-corrected chi connectivity index (χ2v) is 4.05. The van der Waals surface area contributed by atoms with E-state index >= 15 is 0 Å². The molecule has 1 aliphatic rings. The number of piperazine rings is 1. The number of nitrogens with zero attached hydrogens (tertiary/aromatic N) is 2. The zero-order valence-corrected chi connectivity index (χ0v) is 9.49. The van der Waals surface area contributed by atoms with Crippen LogP contribution < -0.4 is 0 Å². The molecule has 1 saturated heterocycles. The number of esters is 1. The highest BCUT2D eigenvalue weighted by Crippen LogP contribution is 2.12. The summed E-state index contributed by atoms with van der Waals surface area (Å²) < 4.78 is 4.75. The van der Waals surface area contributed by atoms with E-state index in [-0.39, 0.29) is 12.0 Å². The van der Waals surface area contributed by atoms with Crippen molar-refractivity contribution in [3.05, 3.63) is 0 Å². The van der Waals surface area contributed by atoms with Crippen molar-refractivity contribution in [1.29, 1.82) is 0 Å². The third-order valence-corrected chi connectivity index (χ3v) is 2.92. The van der Waals surface area contributed by atoms with Gasteiger partial charge in [0.15, 0.2) is 0 Å². The lowest BCUT2D eigenvalue weighted by Gasteiger charge is -2.40. The molecule has 1 rings (SSSR count). The lowest BCUT2D eigenvalue weighted by atomic mass is 10.1. The van der Waals surface area contributed by atoms with Crippen LogP contribution in [0.25, 0.3) is 0 Å². The quantitative estimate of drug-likeness (QED) is 0.595. The number of hydrogen-bond acceptors (Lipinski definition) is 4. The van der Waals surface area contributed by atoms with Gasteiger partial charge in [-0.05, 0) is 20.9 Å². The van der Waals surface area contributed by atoms with Crippen LogP contribution in [0.15, 0.2) is 0 Å². The van der Waals surface area contributed by atoms with Crippen molar-refractivity contribution in [2.75, 3.05) is 33.8 Å². The van der Waals surface area contributed by atoms with Crippen LogP contribution in [0.3, 0.4) is 0 Å². The van der Waals surface area contributed by atoms with Crippen molar-refractivity contribution in [2.45, 2.75) is 25.9 Å². The van der Waals surface area contributed by atoms with E-state index in [0.717, 1.165) is 19.6 Å². The molecule has 0 aromatic carbocycles. The van der Waals surface area contributed by atoms with Gasteiger partial charge in [-0.25, -0.2) is 0 Å². The van der Waals surface area contributed by atoms with Crippen molar-refractivity contribution in [2.24, 2.45) is 0 Å². The Balaban J connectivity index is 2.55. The number of rotatable bonds is 2. The Morgan fingerprint density at radius 2 is 2.14 bits per heavy atom. The minimum Gasteiger partial charge on any atom is -0.468 e. The molecule has 0 spiro atoms. The average Bonchev–Trinajstić information content (AvgIpc) is 2.15. The maximum absolute atomic E-state index is 11.4. The lowest BCUT2D eigenvalue weighted by molar-refractivity contribution is -0.148. The van der Waals surface area contributed by atoms with Crippen molar-refractivity contribution in [3.8, 4) is 0 Å². The van der Waals surface area contributed by atoms with E-state index in [9.17, 15) is 4.79 Å². The summed E-state index contributed by atoms with van der Waals surface area (Å²) in [6.45, 7) is 7.03. The molecule has 0 amide bonds. The molecule has 4 heteroatoms. The molecule has 0 radical (unpaired) electrons. The molecule has 0 aromatic heterocycles. The molecule has 2 atom stereocenters. The van der Waals surface area contributed by atoms with E-state index < -0.39 is 0 Å². The van der Waals surface area contributed by atoms with Crippen LogP contribution >= 0.6 is 0 Å². The van der Waals surface area contributed by atoms with Crippen LogP contribution in [-0.2, 0) is 9.53 Å². The van der Waals surface area contributed by atoms with E-state index in [4.69, 9.17) is 4.74 Å². The van der Waals surface area contributed by atoms with Gasteiger partial charge in [-0.15, -0.1) is 0 Å². The van der Waals surface area contributed by atoms with E-state index in [2.05, 4.69) is 23.8 Å². The third-order valence-electron chi connectivity index (χ3n) is 2.92. The van der Waals surface area contributed by atoms with Gasteiger partial charge >= 0.3 is 5.97 Å². The highest BCUT2D eigenvalue weighted by molar-refractivity contribution is 5.75. The van der Waals surface area contributed by atoms with Crippen LogP contribution in [0, 0.1) is 0 Å². The van der Waals surface area contributed by atoms with Gasteiger partial charge in [0, 0.05) is 25.7 Å². The molecule has 2 unspecified atom stereocenters. The Bertz CT molecular complexity index is 208. The first-order chi connectivity index (χ1) is 6.56. The molecule has 0 aromatic rings. The zero-order valence-electron chi connectivity index (χ0n) is 9.49. The Morgan fingerprint density at radius 3 is 2.64 bits per heavy atom. The van der Waals surface area contributed by atoms with Gasteiger partial charge in [-0.1, -0.05) is 0 Å². The van der Waals surface area contributed by atoms with Crippen LogP contribution in [0.1, 0.15) is 13.8 Å². The molecular formula is C10H20N2O2. The molecule has 82 valence electrons. The summed E-state index contributed by atoms with van der Waals surface area (Å²) in [7, 11) is 3.55. The number of carbonyl (C=O) groups is 1. The van der Waals surface area contributed by atoms with Gasteiger partial charge in [-0.3, -0.25) is 9.69 Å². The Kier molecular flexibility index (Phi) is 3.89. The molecule has 0 N–H and O–H groups in total. The molecule has 14 heavy (non-hydrogen) atoms.